The molecular weight excluding hydrogens is 289 g/mol. The molecule has 0 heterocycles. The van der Waals surface area contributed by atoms with Crippen molar-refractivity contribution in [2.75, 3.05) is 7.11 Å². The Balaban J connectivity index is 2.26. The molecule has 1 amide bonds. The first-order valence-electron chi connectivity index (χ1n) is 7.27. The third kappa shape index (κ3) is 3.21. The number of benzene rings is 1. The number of halogens is 1. The smallest absolute Gasteiger partial charge is 0.329 e. The Hall–Kier alpha value is -2.11. The van der Waals surface area contributed by atoms with Gasteiger partial charge in [0.15, 0.2) is 0 Å². The highest BCUT2D eigenvalue weighted by Crippen LogP contribution is 2.33. The van der Waals surface area contributed by atoms with E-state index in [-0.39, 0.29) is 11.3 Å². The minimum Gasteiger partial charge on any atom is -0.496 e. The molecule has 1 aliphatic rings. The van der Waals surface area contributed by atoms with Gasteiger partial charge in [0.2, 0.25) is 0 Å². The second-order valence-electron chi connectivity index (χ2n) is 5.87. The fourth-order valence-corrected chi connectivity index (χ4v) is 2.79. The average Bonchev–Trinajstić information content (AvgIpc) is 2.49. The van der Waals surface area contributed by atoms with Crippen LogP contribution in [0, 0.1) is 11.7 Å². The third-order valence-corrected chi connectivity index (χ3v) is 4.30. The Morgan fingerprint density at radius 2 is 2.00 bits per heavy atom. The maximum atomic E-state index is 13.4. The van der Waals surface area contributed by atoms with Crippen molar-refractivity contribution in [3.8, 4) is 5.75 Å². The van der Waals surface area contributed by atoms with Gasteiger partial charge in [-0.1, -0.05) is 6.92 Å². The number of ether oxygens (including phenoxy) is 1. The number of rotatable bonds is 4. The van der Waals surface area contributed by atoms with E-state index in [1.807, 2.05) is 0 Å². The molecule has 0 saturated heterocycles. The lowest BCUT2D eigenvalue weighted by atomic mass is 9.77. The van der Waals surface area contributed by atoms with Crippen LogP contribution in [0.15, 0.2) is 18.2 Å². The van der Waals surface area contributed by atoms with Gasteiger partial charge >= 0.3 is 5.97 Å². The molecule has 1 fully saturated rings. The van der Waals surface area contributed by atoms with Crippen LogP contribution >= 0.6 is 0 Å². The molecule has 120 valence electrons. The summed E-state index contributed by atoms with van der Waals surface area (Å²) in [5.74, 6) is -1.61. The van der Waals surface area contributed by atoms with Crippen LogP contribution in [-0.4, -0.2) is 29.6 Å². The molecule has 5 nitrogen and oxygen atoms in total. The molecule has 22 heavy (non-hydrogen) atoms. The molecule has 2 rings (SSSR count). The van der Waals surface area contributed by atoms with E-state index in [9.17, 15) is 19.1 Å². The molecule has 1 aliphatic carbocycles. The number of amides is 1. The molecule has 1 saturated carbocycles. The topological polar surface area (TPSA) is 75.6 Å². The van der Waals surface area contributed by atoms with Gasteiger partial charge in [-0.2, -0.15) is 0 Å². The first-order chi connectivity index (χ1) is 10.4. The monoisotopic (exact) mass is 309 g/mol. The highest BCUT2D eigenvalue weighted by Gasteiger charge is 2.42. The van der Waals surface area contributed by atoms with Crippen molar-refractivity contribution in [3.63, 3.8) is 0 Å². The third-order valence-electron chi connectivity index (χ3n) is 4.30. The van der Waals surface area contributed by atoms with Crippen LogP contribution in [0.4, 0.5) is 4.39 Å². The maximum absolute atomic E-state index is 13.4. The zero-order valence-electron chi connectivity index (χ0n) is 12.7. The number of nitrogens with one attached hydrogen (secondary N) is 1. The second-order valence-corrected chi connectivity index (χ2v) is 5.87. The van der Waals surface area contributed by atoms with Crippen LogP contribution in [-0.2, 0) is 4.79 Å². The normalized spacial score (nSPS) is 24.6. The van der Waals surface area contributed by atoms with Crippen LogP contribution in [0.1, 0.15) is 43.0 Å². The van der Waals surface area contributed by atoms with Crippen molar-refractivity contribution in [3.05, 3.63) is 29.6 Å². The van der Waals surface area contributed by atoms with E-state index in [1.54, 1.807) is 0 Å². The van der Waals surface area contributed by atoms with E-state index in [1.165, 1.54) is 19.2 Å². The highest BCUT2D eigenvalue weighted by molar-refractivity contribution is 6.00. The fraction of sp³-hybridized carbons (Fsp3) is 0.500. The largest absolute Gasteiger partial charge is 0.496 e. The Labute approximate surface area is 128 Å². The lowest BCUT2D eigenvalue weighted by Crippen LogP contribution is -2.56. The van der Waals surface area contributed by atoms with Crippen molar-refractivity contribution in [2.24, 2.45) is 5.92 Å². The molecule has 1 aromatic carbocycles. The Morgan fingerprint density at radius 3 is 2.55 bits per heavy atom. The summed E-state index contributed by atoms with van der Waals surface area (Å²) in [5, 5.41) is 12.1. The van der Waals surface area contributed by atoms with Crippen molar-refractivity contribution < 1.29 is 23.8 Å². The van der Waals surface area contributed by atoms with Crippen LogP contribution in [0.2, 0.25) is 0 Å². The molecule has 0 atom stereocenters. The number of aliphatic carboxylic acids is 1. The summed E-state index contributed by atoms with van der Waals surface area (Å²) < 4.78 is 18.4. The number of carbonyl (C=O) groups excluding carboxylic acids is 1. The minimum absolute atomic E-state index is 0.00162. The molecule has 0 aliphatic heterocycles. The van der Waals surface area contributed by atoms with Gasteiger partial charge < -0.3 is 15.2 Å². The van der Waals surface area contributed by atoms with E-state index in [0.717, 1.165) is 18.9 Å². The minimum atomic E-state index is -1.29. The van der Waals surface area contributed by atoms with Crippen LogP contribution < -0.4 is 10.1 Å². The van der Waals surface area contributed by atoms with Gasteiger partial charge in [-0.3, -0.25) is 4.79 Å². The number of methoxy groups -OCH3 is 1. The molecule has 0 unspecified atom stereocenters. The quantitative estimate of drug-likeness (QED) is 0.896. The number of carboxylic acid groups (broad SMARTS) is 1. The molecule has 0 aromatic heterocycles. The lowest BCUT2D eigenvalue weighted by molar-refractivity contribution is -0.146. The Bertz CT molecular complexity index is 580. The molecule has 6 heteroatoms. The van der Waals surface area contributed by atoms with Crippen LogP contribution in [0.5, 0.6) is 5.75 Å². The molecule has 2 N–H and O–H groups in total. The summed E-state index contributed by atoms with van der Waals surface area (Å²) in [6, 6.07) is 3.58. The zero-order chi connectivity index (χ0) is 16.3. The summed E-state index contributed by atoms with van der Waals surface area (Å²) >= 11 is 0. The van der Waals surface area contributed by atoms with E-state index < -0.39 is 23.2 Å². The van der Waals surface area contributed by atoms with Crippen molar-refractivity contribution in [2.45, 2.75) is 38.1 Å². The van der Waals surface area contributed by atoms with E-state index in [2.05, 4.69) is 12.2 Å². The van der Waals surface area contributed by atoms with Gasteiger partial charge in [-0.25, -0.2) is 9.18 Å². The molecule has 0 bridgehead atoms. The summed E-state index contributed by atoms with van der Waals surface area (Å²) in [4.78, 5) is 24.1. The lowest BCUT2D eigenvalue weighted by Gasteiger charge is -2.36. The number of carbonyl (C=O) groups is 2. The molecule has 0 radical (unpaired) electrons. The first-order valence-corrected chi connectivity index (χ1v) is 7.27. The molecular formula is C16H20FNO4. The zero-order valence-corrected chi connectivity index (χ0v) is 12.7. The number of hydrogen-bond donors (Lipinski definition) is 2. The van der Waals surface area contributed by atoms with Gasteiger partial charge in [0.05, 0.1) is 12.7 Å². The second kappa shape index (κ2) is 6.34. The van der Waals surface area contributed by atoms with Crippen LogP contribution in [0.25, 0.3) is 0 Å². The van der Waals surface area contributed by atoms with Gasteiger partial charge in [0, 0.05) is 0 Å². The summed E-state index contributed by atoms with van der Waals surface area (Å²) in [6.45, 7) is 2.06. The van der Waals surface area contributed by atoms with Crippen molar-refractivity contribution in [1.82, 2.24) is 5.32 Å². The summed E-state index contributed by atoms with van der Waals surface area (Å²) in [7, 11) is 1.37. The van der Waals surface area contributed by atoms with Gasteiger partial charge in [0.25, 0.3) is 5.91 Å². The predicted molar refractivity (Wildman–Crippen MR) is 78.4 cm³/mol. The maximum Gasteiger partial charge on any atom is 0.329 e. The van der Waals surface area contributed by atoms with Crippen molar-refractivity contribution in [1.29, 1.82) is 0 Å². The molecule has 1 aromatic rings. The van der Waals surface area contributed by atoms with E-state index in [0.29, 0.717) is 18.8 Å². The Kier molecular flexibility index (Phi) is 4.68. The fourth-order valence-electron chi connectivity index (χ4n) is 2.79. The highest BCUT2D eigenvalue weighted by atomic mass is 19.1. The van der Waals surface area contributed by atoms with Crippen LogP contribution in [0.3, 0.4) is 0 Å². The van der Waals surface area contributed by atoms with E-state index in [4.69, 9.17) is 4.74 Å². The van der Waals surface area contributed by atoms with Crippen molar-refractivity contribution >= 4 is 11.9 Å². The number of carboxylic acids is 1. The average molecular weight is 309 g/mol. The van der Waals surface area contributed by atoms with Gasteiger partial charge in [0.1, 0.15) is 17.1 Å². The Morgan fingerprint density at radius 1 is 1.36 bits per heavy atom. The first kappa shape index (κ1) is 16.3. The molecule has 0 spiro atoms. The SMILES string of the molecule is COc1ccc(F)cc1C(=O)NC1(C(=O)O)CCC(C)CC1. The predicted octanol–water partition coefficient (Wildman–Crippen LogP) is 2.60. The van der Waals surface area contributed by atoms with E-state index >= 15 is 0 Å². The number of hydrogen-bond acceptors (Lipinski definition) is 3. The van der Waals surface area contributed by atoms with Gasteiger partial charge in [-0.15, -0.1) is 0 Å². The summed E-state index contributed by atoms with van der Waals surface area (Å²) in [5.41, 5.74) is -1.29. The standard InChI is InChI=1S/C16H20FNO4/c1-10-5-7-16(8-6-10,15(20)21)18-14(19)12-9-11(17)3-4-13(12)22-2/h3-4,9-10H,5-8H2,1-2H3,(H,18,19)(H,20,21). The van der Waals surface area contributed by atoms with Gasteiger partial charge in [-0.05, 0) is 49.8 Å². The summed E-state index contributed by atoms with van der Waals surface area (Å²) in [6.07, 6.45) is 2.19.